The number of hydrogen-bond acceptors (Lipinski definition) is 10. The molecule has 3 aromatic heterocycles. The second kappa shape index (κ2) is 15.2. The van der Waals surface area contributed by atoms with Crippen LogP contribution in [0.1, 0.15) is 75.2 Å². The van der Waals surface area contributed by atoms with Crippen molar-refractivity contribution in [3.8, 4) is 35.5 Å². The maximum Gasteiger partial charge on any atom is 0.434 e. The second-order valence-corrected chi connectivity index (χ2v) is 15.8. The van der Waals surface area contributed by atoms with Crippen molar-refractivity contribution in [3.05, 3.63) is 71.3 Å². The number of alkyl halides is 3. The minimum Gasteiger partial charge on any atom is -0.475 e. The van der Waals surface area contributed by atoms with E-state index < -0.39 is 23.5 Å². The lowest BCUT2D eigenvalue weighted by Crippen LogP contribution is -2.58. The van der Waals surface area contributed by atoms with Crippen LogP contribution < -0.4 is 19.7 Å². The van der Waals surface area contributed by atoms with Gasteiger partial charge in [0.25, 0.3) is 0 Å². The number of fused-ring (bicyclic) bond motifs is 4. The molecule has 0 spiro atoms. The van der Waals surface area contributed by atoms with Gasteiger partial charge in [-0.25, -0.2) is 23.7 Å². The quantitative estimate of drug-likeness (QED) is 0.118. The zero-order chi connectivity index (χ0) is 40.2. The van der Waals surface area contributed by atoms with E-state index in [2.05, 4.69) is 37.9 Å². The topological polar surface area (TPSA) is 101 Å². The van der Waals surface area contributed by atoms with Crippen molar-refractivity contribution in [1.82, 2.24) is 35.1 Å². The van der Waals surface area contributed by atoms with Crippen LogP contribution in [0.15, 0.2) is 42.7 Å². The third-order valence-corrected chi connectivity index (χ3v) is 12.5. The molecule has 0 unspecified atom stereocenters. The second-order valence-electron chi connectivity index (χ2n) is 15.8. The summed E-state index contributed by atoms with van der Waals surface area (Å²) < 4.78 is 84.0. The Morgan fingerprint density at radius 3 is 2.66 bits per heavy atom. The smallest absolute Gasteiger partial charge is 0.434 e. The molecule has 4 aliphatic heterocycles. The van der Waals surface area contributed by atoms with Crippen molar-refractivity contribution in [2.45, 2.75) is 94.6 Å². The minimum absolute atomic E-state index is 0.0229. The van der Waals surface area contributed by atoms with E-state index in [0.29, 0.717) is 52.4 Å². The molecule has 0 bridgehead atoms. The van der Waals surface area contributed by atoms with Crippen LogP contribution in [0.5, 0.6) is 11.9 Å². The van der Waals surface area contributed by atoms with E-state index in [0.717, 1.165) is 70.7 Å². The van der Waals surface area contributed by atoms with Crippen LogP contribution in [-0.4, -0.2) is 86.3 Å². The molecule has 0 aliphatic carbocycles. The molecule has 5 aromatic rings. The minimum atomic E-state index is -4.59. The fraction of sp³-hybridized carbons (Fsp3) is 0.465. The Balaban J connectivity index is 1.08. The normalized spacial score (nSPS) is 23.3. The van der Waals surface area contributed by atoms with Crippen molar-refractivity contribution >= 4 is 27.5 Å². The van der Waals surface area contributed by atoms with Gasteiger partial charge in [-0.15, -0.1) is 6.42 Å². The van der Waals surface area contributed by atoms with E-state index in [1.54, 1.807) is 18.2 Å². The van der Waals surface area contributed by atoms with Crippen molar-refractivity contribution in [3.63, 3.8) is 0 Å². The van der Waals surface area contributed by atoms with E-state index in [1.165, 1.54) is 6.07 Å². The van der Waals surface area contributed by atoms with E-state index in [-0.39, 0.29) is 65.5 Å². The van der Waals surface area contributed by atoms with Gasteiger partial charge in [0, 0.05) is 42.2 Å². The summed E-state index contributed by atoms with van der Waals surface area (Å²) in [6, 6.07) is 8.66. The van der Waals surface area contributed by atoms with Gasteiger partial charge < -0.3 is 19.7 Å². The van der Waals surface area contributed by atoms with Gasteiger partial charge in [0.15, 0.2) is 11.5 Å². The molecule has 1 N–H and O–H groups in total. The van der Waals surface area contributed by atoms with Gasteiger partial charge in [0.05, 0.1) is 34.6 Å². The zero-order valence-corrected chi connectivity index (χ0v) is 32.1. The molecule has 58 heavy (non-hydrogen) atoms. The van der Waals surface area contributed by atoms with Gasteiger partial charge in [-0.05, 0) is 69.4 Å². The monoisotopic (exact) mass is 798 g/mol. The van der Waals surface area contributed by atoms with E-state index in [9.17, 15) is 13.2 Å². The first-order valence-electron chi connectivity index (χ1n) is 20.1. The van der Waals surface area contributed by atoms with Crippen LogP contribution >= 0.6 is 0 Å². The number of nitrogens with one attached hydrogen (secondary N) is 1. The van der Waals surface area contributed by atoms with Crippen molar-refractivity contribution in [2.75, 3.05) is 37.7 Å². The summed E-state index contributed by atoms with van der Waals surface area (Å²) in [5, 5.41) is 5.35. The van der Waals surface area contributed by atoms with E-state index in [1.807, 2.05) is 6.07 Å². The van der Waals surface area contributed by atoms with Gasteiger partial charge in [-0.2, -0.15) is 23.1 Å². The largest absolute Gasteiger partial charge is 0.475 e. The Bertz CT molecular complexity index is 2400. The average molecular weight is 799 g/mol. The number of pyridine rings is 1. The number of terminal acetylenes is 1. The van der Waals surface area contributed by atoms with Crippen LogP contribution in [0.4, 0.5) is 27.8 Å². The first-order valence-corrected chi connectivity index (χ1v) is 20.1. The lowest BCUT2D eigenvalue weighted by atomic mass is 9.91. The highest BCUT2D eigenvalue weighted by atomic mass is 19.4. The van der Waals surface area contributed by atoms with Gasteiger partial charge in [-0.1, -0.05) is 43.5 Å². The molecular weight excluding hydrogens is 756 g/mol. The summed E-state index contributed by atoms with van der Waals surface area (Å²) in [4.78, 5) is 26.8. The third kappa shape index (κ3) is 6.73. The molecule has 15 heteroatoms. The highest BCUT2D eigenvalue weighted by molar-refractivity contribution is 6.02. The predicted octanol–water partition coefficient (Wildman–Crippen LogP) is 7.65. The summed E-state index contributed by atoms with van der Waals surface area (Å²) in [7, 11) is 0. The average Bonchev–Trinajstić information content (AvgIpc) is 3.79. The van der Waals surface area contributed by atoms with Crippen LogP contribution in [0.25, 0.3) is 32.9 Å². The van der Waals surface area contributed by atoms with Crippen molar-refractivity contribution < 1.29 is 31.4 Å². The zero-order valence-electron chi connectivity index (χ0n) is 32.1. The lowest BCUT2D eigenvalue weighted by Gasteiger charge is -2.44. The summed E-state index contributed by atoms with van der Waals surface area (Å²) in [5.74, 6) is 1.88. The molecule has 9 rings (SSSR count). The number of benzene rings is 2. The number of hydrogen-bond donors (Lipinski definition) is 1. The highest BCUT2D eigenvalue weighted by Gasteiger charge is 2.50. The number of rotatable bonds is 9. The lowest BCUT2D eigenvalue weighted by molar-refractivity contribution is -0.141. The summed E-state index contributed by atoms with van der Waals surface area (Å²) >= 11 is 0. The predicted molar refractivity (Wildman–Crippen MR) is 209 cm³/mol. The SMILES string of the molecule is C#Cc1c(F)ccc2cccc(-c3nc4c5c(nc(OC[C@@]67CCCN6[C@H](COc6cnc(C(F)(F)F)cn6)CC7)nc5c3F)N3CCN[C@@H](CCC)[C@H]3CCC4)c12. The van der Waals surface area contributed by atoms with Crippen molar-refractivity contribution in [1.29, 1.82) is 0 Å². The first-order chi connectivity index (χ1) is 28.1. The molecule has 4 aliphatic rings. The third-order valence-electron chi connectivity index (χ3n) is 12.5. The Hall–Kier alpha value is -5.20. The summed E-state index contributed by atoms with van der Waals surface area (Å²) in [6.45, 7) is 4.84. The van der Waals surface area contributed by atoms with Crippen LogP contribution in [0, 0.1) is 24.0 Å². The first kappa shape index (κ1) is 38.3. The van der Waals surface area contributed by atoms with Crippen LogP contribution in [0.2, 0.25) is 0 Å². The summed E-state index contributed by atoms with van der Waals surface area (Å²) in [6.07, 6.45) is 10.5. The fourth-order valence-electron chi connectivity index (χ4n) is 9.83. The number of anilines is 1. The maximum absolute atomic E-state index is 17.4. The Morgan fingerprint density at radius 1 is 0.983 bits per heavy atom. The van der Waals surface area contributed by atoms with E-state index >= 15 is 8.78 Å². The molecule has 0 saturated carbocycles. The Morgan fingerprint density at radius 2 is 1.86 bits per heavy atom. The van der Waals surface area contributed by atoms with Gasteiger partial charge in [0.2, 0.25) is 5.88 Å². The number of piperazine rings is 1. The van der Waals surface area contributed by atoms with Crippen LogP contribution in [-0.2, 0) is 12.6 Å². The molecule has 3 fully saturated rings. The molecule has 0 radical (unpaired) electrons. The molecule has 3 saturated heterocycles. The Kier molecular flexibility index (Phi) is 10.0. The molecule has 4 atom stereocenters. The molecule has 0 amide bonds. The number of aryl methyl sites for hydroxylation is 1. The fourth-order valence-corrected chi connectivity index (χ4v) is 9.83. The van der Waals surface area contributed by atoms with E-state index in [4.69, 9.17) is 30.8 Å². The molecule has 2 aromatic carbocycles. The van der Waals surface area contributed by atoms with Gasteiger partial charge in [-0.3, -0.25) is 4.90 Å². The van der Waals surface area contributed by atoms with Gasteiger partial charge >= 0.3 is 12.2 Å². The molecule has 10 nitrogen and oxygen atoms in total. The standard InChI is InChI=1S/C43H43F5N8O2/c1-3-8-30-32-12-6-11-31-36-39(37(45)38(52-31)28-10-5-9-25-13-14-29(44)27(4-2)35(25)28)53-41(54-40(36)55(32)20-18-49-30)58-24-42-16-7-19-56(42)26(15-17-42)23-57-34-22-50-33(21-51-34)43(46,47)48/h2,5,9-10,13-14,21-22,26,30,32,49H,3,6-8,11-12,15-20,23-24H2,1H3/t26-,30-,32+,42-/m0/s1. The number of halogens is 5. The van der Waals surface area contributed by atoms with Crippen molar-refractivity contribution in [2.24, 2.45) is 0 Å². The van der Waals surface area contributed by atoms with Crippen LogP contribution in [0.3, 0.4) is 0 Å². The highest BCUT2D eigenvalue weighted by Crippen LogP contribution is 2.44. The maximum atomic E-state index is 17.4. The number of aromatic nitrogens is 5. The summed E-state index contributed by atoms with van der Waals surface area (Å²) in [5.41, 5.74) is -0.198. The van der Waals surface area contributed by atoms with Gasteiger partial charge in [0.1, 0.15) is 36.1 Å². The Labute approximate surface area is 332 Å². The molecular formula is C43H43F5N8O2. The number of nitrogens with zero attached hydrogens (tertiary/aromatic N) is 7. The number of ether oxygens (including phenoxy) is 2. The molecule has 7 heterocycles. The molecule has 302 valence electrons.